The van der Waals surface area contributed by atoms with Crippen LogP contribution in [-0.2, 0) is 13.6 Å². The summed E-state index contributed by atoms with van der Waals surface area (Å²) in [4.78, 5) is 0. The highest BCUT2D eigenvalue weighted by molar-refractivity contribution is 7.51. The lowest BCUT2D eigenvalue weighted by molar-refractivity contribution is 0.117. The Hall–Kier alpha value is 0.110. The van der Waals surface area contributed by atoms with Gasteiger partial charge in [0.05, 0.1) is 6.61 Å². The molecule has 0 saturated carbocycles. The molecule has 5 heteroatoms. The Bertz CT molecular complexity index is 178. The fraction of sp³-hybridized carbons (Fsp3) is 1.00. The monoisotopic (exact) mass is 179 g/mol. The molecule has 0 aromatic carbocycles. The Labute approximate surface area is 66.9 Å². The Morgan fingerprint density at radius 1 is 1.64 bits per heavy atom. The van der Waals surface area contributed by atoms with Crippen LogP contribution in [0.5, 0.6) is 0 Å². The normalized spacial score (nSPS) is 37.0. The van der Waals surface area contributed by atoms with Crippen molar-refractivity contribution in [3.05, 3.63) is 0 Å². The van der Waals surface area contributed by atoms with Gasteiger partial charge in [-0.15, -0.1) is 0 Å². The molecule has 1 aliphatic heterocycles. The summed E-state index contributed by atoms with van der Waals surface area (Å²) in [5.41, 5.74) is 0.0481. The van der Waals surface area contributed by atoms with E-state index in [-0.39, 0.29) is 5.41 Å². The molecule has 1 fully saturated rings. The summed E-state index contributed by atoms with van der Waals surface area (Å²) in [7, 11) is -1.54. The van der Waals surface area contributed by atoms with Crippen molar-refractivity contribution in [3.8, 4) is 0 Å². The fourth-order valence-corrected chi connectivity index (χ4v) is 2.25. The molecule has 4 nitrogen and oxygen atoms in total. The minimum atomic E-state index is -2.92. The van der Waals surface area contributed by atoms with E-state index in [2.05, 4.69) is 5.09 Å². The maximum Gasteiger partial charge on any atom is 0.405 e. The van der Waals surface area contributed by atoms with Crippen molar-refractivity contribution in [3.63, 3.8) is 0 Å². The maximum atomic E-state index is 11.3. The fourth-order valence-electron chi connectivity index (χ4n) is 0.784. The van der Waals surface area contributed by atoms with E-state index in [1.54, 1.807) is 0 Å². The smallest absolute Gasteiger partial charge is 0.300 e. The molecule has 0 amide bonds. The highest BCUT2D eigenvalue weighted by atomic mass is 31.2. The zero-order chi connectivity index (χ0) is 8.54. The third-order valence-electron chi connectivity index (χ3n) is 1.62. The van der Waals surface area contributed by atoms with Crippen LogP contribution in [0.2, 0.25) is 0 Å². The molecule has 0 aromatic rings. The minimum Gasteiger partial charge on any atom is -0.300 e. The first-order valence-corrected chi connectivity index (χ1v) is 5.07. The van der Waals surface area contributed by atoms with Crippen LogP contribution in [0.1, 0.15) is 13.8 Å². The quantitative estimate of drug-likeness (QED) is 0.618. The summed E-state index contributed by atoms with van der Waals surface area (Å²) < 4.78 is 21.1. The predicted molar refractivity (Wildman–Crippen MR) is 42.4 cm³/mol. The highest BCUT2D eigenvalue weighted by Gasteiger charge is 2.34. The summed E-state index contributed by atoms with van der Waals surface area (Å²) in [6, 6.07) is 0. The molecular formula is C6H14NO3P. The second-order valence-electron chi connectivity index (χ2n) is 3.45. The Morgan fingerprint density at radius 2 is 2.27 bits per heavy atom. The van der Waals surface area contributed by atoms with Gasteiger partial charge < -0.3 is 4.52 Å². The number of hydrogen-bond acceptors (Lipinski definition) is 3. The largest absolute Gasteiger partial charge is 0.405 e. The van der Waals surface area contributed by atoms with Crippen LogP contribution in [0.4, 0.5) is 0 Å². The Morgan fingerprint density at radius 3 is 2.64 bits per heavy atom. The molecule has 0 unspecified atom stereocenters. The lowest BCUT2D eigenvalue weighted by Gasteiger charge is -2.33. The van der Waals surface area contributed by atoms with Crippen molar-refractivity contribution >= 4 is 7.75 Å². The summed E-state index contributed by atoms with van der Waals surface area (Å²) in [6.07, 6.45) is 0. The van der Waals surface area contributed by atoms with Crippen molar-refractivity contribution in [2.45, 2.75) is 13.8 Å². The molecule has 11 heavy (non-hydrogen) atoms. The van der Waals surface area contributed by atoms with Crippen LogP contribution >= 0.6 is 7.75 Å². The number of rotatable bonds is 1. The second-order valence-corrected chi connectivity index (χ2v) is 5.39. The molecule has 0 aromatic heterocycles. The molecule has 0 aliphatic carbocycles. The van der Waals surface area contributed by atoms with Crippen molar-refractivity contribution < 1.29 is 13.6 Å². The molecule has 66 valence electrons. The van der Waals surface area contributed by atoms with Crippen molar-refractivity contribution in [1.29, 1.82) is 0 Å². The third kappa shape index (κ3) is 2.27. The SMILES string of the molecule is CO[P@@]1(=O)NCC(C)(C)CO1. The van der Waals surface area contributed by atoms with Crippen LogP contribution in [0.3, 0.4) is 0 Å². The van der Waals surface area contributed by atoms with Gasteiger partial charge in [0.1, 0.15) is 0 Å². The van der Waals surface area contributed by atoms with E-state index in [0.29, 0.717) is 13.2 Å². The highest BCUT2D eigenvalue weighted by Crippen LogP contribution is 2.47. The zero-order valence-corrected chi connectivity index (χ0v) is 7.98. The van der Waals surface area contributed by atoms with Gasteiger partial charge in [-0.25, -0.2) is 9.65 Å². The van der Waals surface area contributed by atoms with E-state index in [0.717, 1.165) is 0 Å². The Kier molecular flexibility index (Phi) is 2.40. The lowest BCUT2D eigenvalue weighted by atomic mass is 9.96. The summed E-state index contributed by atoms with van der Waals surface area (Å²) in [6.45, 7) is 5.22. The van der Waals surface area contributed by atoms with E-state index < -0.39 is 7.75 Å². The van der Waals surface area contributed by atoms with E-state index in [1.165, 1.54) is 7.11 Å². The van der Waals surface area contributed by atoms with Gasteiger partial charge in [-0.05, 0) is 0 Å². The average molecular weight is 179 g/mol. The van der Waals surface area contributed by atoms with E-state index in [1.807, 2.05) is 13.8 Å². The molecule has 1 atom stereocenters. The van der Waals surface area contributed by atoms with Crippen LogP contribution in [0, 0.1) is 5.41 Å². The van der Waals surface area contributed by atoms with Gasteiger partial charge in [0.15, 0.2) is 0 Å². The van der Waals surface area contributed by atoms with Gasteiger partial charge in [0, 0.05) is 19.1 Å². The first-order chi connectivity index (χ1) is 4.97. The minimum absolute atomic E-state index is 0.0481. The van der Waals surface area contributed by atoms with Gasteiger partial charge in [-0.1, -0.05) is 13.8 Å². The number of nitrogens with one attached hydrogen (secondary N) is 1. The van der Waals surface area contributed by atoms with Crippen molar-refractivity contribution in [2.24, 2.45) is 5.41 Å². The molecule has 1 heterocycles. The molecule has 1 saturated heterocycles. The summed E-state index contributed by atoms with van der Waals surface area (Å²) >= 11 is 0. The summed E-state index contributed by atoms with van der Waals surface area (Å²) in [5, 5.41) is 2.75. The van der Waals surface area contributed by atoms with Crippen molar-refractivity contribution in [1.82, 2.24) is 5.09 Å². The summed E-state index contributed by atoms with van der Waals surface area (Å²) in [5.74, 6) is 0. The van der Waals surface area contributed by atoms with Crippen LogP contribution in [0.15, 0.2) is 0 Å². The lowest BCUT2D eigenvalue weighted by Crippen LogP contribution is -2.37. The van der Waals surface area contributed by atoms with Crippen LogP contribution < -0.4 is 5.09 Å². The Balaban J connectivity index is 2.55. The predicted octanol–water partition coefficient (Wildman–Crippen LogP) is 1.39. The molecule has 0 spiro atoms. The third-order valence-corrected chi connectivity index (χ3v) is 3.11. The van der Waals surface area contributed by atoms with Gasteiger partial charge in [-0.3, -0.25) is 4.52 Å². The molecule has 1 N–H and O–H groups in total. The van der Waals surface area contributed by atoms with Crippen LogP contribution in [0.25, 0.3) is 0 Å². The number of hydrogen-bond donors (Lipinski definition) is 1. The second kappa shape index (κ2) is 2.87. The van der Waals surface area contributed by atoms with Crippen molar-refractivity contribution in [2.75, 3.05) is 20.3 Å². The van der Waals surface area contributed by atoms with E-state index in [9.17, 15) is 4.57 Å². The molecular weight excluding hydrogens is 165 g/mol. The first-order valence-electron chi connectivity index (χ1n) is 3.53. The zero-order valence-electron chi connectivity index (χ0n) is 7.09. The maximum absolute atomic E-state index is 11.3. The molecule has 0 radical (unpaired) electrons. The topological polar surface area (TPSA) is 47.6 Å². The molecule has 1 aliphatic rings. The van der Waals surface area contributed by atoms with E-state index in [4.69, 9.17) is 9.05 Å². The van der Waals surface area contributed by atoms with E-state index >= 15 is 0 Å². The molecule has 1 rings (SSSR count). The van der Waals surface area contributed by atoms with Gasteiger partial charge in [-0.2, -0.15) is 0 Å². The average Bonchev–Trinajstić information content (AvgIpc) is 1.97. The van der Waals surface area contributed by atoms with Gasteiger partial charge in [0.2, 0.25) is 0 Å². The standard InChI is InChI=1S/C6H14NO3P/c1-6(2)4-7-11(8,9-3)10-5-6/h4-5H2,1-3H3,(H,7,8)/t11-/m0/s1. The van der Waals surface area contributed by atoms with Gasteiger partial charge in [0.25, 0.3) is 0 Å². The molecule has 0 bridgehead atoms. The van der Waals surface area contributed by atoms with Gasteiger partial charge >= 0.3 is 7.75 Å². The first kappa shape index (κ1) is 9.20. The van der Waals surface area contributed by atoms with Crippen LogP contribution in [-0.4, -0.2) is 20.3 Å².